The van der Waals surface area contributed by atoms with Crippen LogP contribution < -0.4 is 16.4 Å². The van der Waals surface area contributed by atoms with Gasteiger partial charge in [-0.3, -0.25) is 14.4 Å². The van der Waals surface area contributed by atoms with Crippen LogP contribution >= 0.6 is 11.3 Å². The molecule has 0 spiro atoms. The smallest absolute Gasteiger partial charge is 0.245 e. The predicted octanol–water partition coefficient (Wildman–Crippen LogP) is 0.384. The first-order valence-electron chi connectivity index (χ1n) is 6.11. The van der Waals surface area contributed by atoms with Gasteiger partial charge < -0.3 is 16.4 Å². The van der Waals surface area contributed by atoms with Gasteiger partial charge in [0.15, 0.2) is 10.9 Å². The summed E-state index contributed by atoms with van der Waals surface area (Å²) in [6.07, 6.45) is 0. The van der Waals surface area contributed by atoms with Crippen LogP contribution in [0.25, 0.3) is 0 Å². The molecule has 0 unspecified atom stereocenters. The van der Waals surface area contributed by atoms with E-state index < -0.39 is 11.9 Å². The van der Waals surface area contributed by atoms with E-state index in [1.54, 1.807) is 5.38 Å². The number of nitrogens with one attached hydrogen (secondary N) is 2. The molecule has 1 atom stereocenters. The molecule has 2 amide bonds. The molecule has 1 heterocycles. The fraction of sp³-hybridized carbons (Fsp3) is 0.500. The van der Waals surface area contributed by atoms with Crippen molar-refractivity contribution in [2.24, 2.45) is 11.7 Å². The lowest BCUT2D eigenvalue weighted by atomic mass is 10.1. The van der Waals surface area contributed by atoms with Crippen molar-refractivity contribution in [3.8, 4) is 0 Å². The highest BCUT2D eigenvalue weighted by Crippen LogP contribution is 2.15. The topological polar surface area (TPSA) is 114 Å². The maximum Gasteiger partial charge on any atom is 0.245 e. The van der Waals surface area contributed by atoms with Gasteiger partial charge in [-0.15, -0.1) is 11.3 Å². The van der Waals surface area contributed by atoms with Crippen LogP contribution in [-0.2, 0) is 9.59 Å². The van der Waals surface area contributed by atoms with Gasteiger partial charge in [-0.2, -0.15) is 0 Å². The van der Waals surface area contributed by atoms with Gasteiger partial charge in [-0.05, 0) is 5.92 Å². The maximum atomic E-state index is 11.6. The van der Waals surface area contributed by atoms with E-state index in [0.717, 1.165) is 11.3 Å². The molecule has 1 rings (SSSR count). The molecule has 0 aliphatic heterocycles. The summed E-state index contributed by atoms with van der Waals surface area (Å²) in [7, 11) is 0. The van der Waals surface area contributed by atoms with Gasteiger partial charge in [0, 0.05) is 12.3 Å². The van der Waals surface area contributed by atoms with Gasteiger partial charge in [-0.25, -0.2) is 4.98 Å². The number of hydrogen-bond donors (Lipinski definition) is 3. The standard InChI is InChI=1S/C12H18N4O3S/c1-6(2)10(13)11(19)14-4-9(18)16-12-15-8(5-20-12)7(3)17/h5-6,10H,4,13H2,1-3H3,(H,14,19)(H,15,16,18)/t10-/m0/s1. The summed E-state index contributed by atoms with van der Waals surface area (Å²) in [5, 5.41) is 6.83. The molecular formula is C12H18N4O3S. The first-order chi connectivity index (χ1) is 9.31. The Hall–Kier alpha value is -1.80. The Morgan fingerprint density at radius 1 is 1.40 bits per heavy atom. The Labute approximate surface area is 121 Å². The third kappa shape index (κ3) is 4.71. The molecule has 0 aromatic carbocycles. The Morgan fingerprint density at radius 2 is 2.05 bits per heavy atom. The van der Waals surface area contributed by atoms with Crippen LogP contribution in [-0.4, -0.2) is 35.2 Å². The number of amides is 2. The SMILES string of the molecule is CC(=O)c1csc(NC(=O)CNC(=O)[C@@H](N)C(C)C)n1. The third-order valence-electron chi connectivity index (χ3n) is 2.56. The van der Waals surface area contributed by atoms with Gasteiger partial charge in [0.25, 0.3) is 0 Å². The van der Waals surface area contributed by atoms with Crippen LogP contribution in [0.3, 0.4) is 0 Å². The molecule has 4 N–H and O–H groups in total. The first-order valence-corrected chi connectivity index (χ1v) is 6.98. The minimum absolute atomic E-state index is 0.00449. The van der Waals surface area contributed by atoms with Crippen molar-refractivity contribution in [3.63, 3.8) is 0 Å². The summed E-state index contributed by atoms with van der Waals surface area (Å²) >= 11 is 1.15. The summed E-state index contributed by atoms with van der Waals surface area (Å²) in [5.41, 5.74) is 5.95. The zero-order valence-electron chi connectivity index (χ0n) is 11.6. The summed E-state index contributed by atoms with van der Waals surface area (Å²) in [5.74, 6) is -0.967. The van der Waals surface area contributed by atoms with Crippen LogP contribution in [0.2, 0.25) is 0 Å². The fourth-order valence-corrected chi connectivity index (χ4v) is 2.01. The predicted molar refractivity (Wildman–Crippen MR) is 76.6 cm³/mol. The second-order valence-corrected chi connectivity index (χ2v) is 5.49. The number of carbonyl (C=O) groups excluding carboxylic acids is 3. The number of hydrogen-bond acceptors (Lipinski definition) is 6. The Bertz CT molecular complexity index is 513. The Morgan fingerprint density at radius 3 is 2.55 bits per heavy atom. The van der Waals surface area contributed by atoms with Gasteiger partial charge in [0.2, 0.25) is 11.8 Å². The molecule has 1 aromatic rings. The molecule has 7 nitrogen and oxygen atoms in total. The molecule has 0 fully saturated rings. The van der Waals surface area contributed by atoms with Gasteiger partial charge in [0.05, 0.1) is 12.6 Å². The van der Waals surface area contributed by atoms with Crippen molar-refractivity contribution in [1.82, 2.24) is 10.3 Å². The number of rotatable bonds is 6. The van der Waals surface area contributed by atoms with Crippen LogP contribution in [0.1, 0.15) is 31.3 Å². The van der Waals surface area contributed by atoms with Crippen LogP contribution in [0, 0.1) is 5.92 Å². The largest absolute Gasteiger partial charge is 0.346 e. The van der Waals surface area contributed by atoms with Crippen molar-refractivity contribution >= 4 is 34.1 Å². The summed E-state index contributed by atoms with van der Waals surface area (Å²) in [4.78, 5) is 38.2. The second-order valence-electron chi connectivity index (χ2n) is 4.63. The average Bonchev–Trinajstić information content (AvgIpc) is 2.83. The number of carbonyl (C=O) groups is 3. The van der Waals surface area contributed by atoms with Gasteiger partial charge in [-0.1, -0.05) is 13.8 Å². The van der Waals surface area contributed by atoms with E-state index in [0.29, 0.717) is 10.8 Å². The molecule has 0 saturated heterocycles. The molecule has 20 heavy (non-hydrogen) atoms. The summed E-state index contributed by atoms with van der Waals surface area (Å²) in [6, 6.07) is -0.646. The Balaban J connectivity index is 2.44. The van der Waals surface area contributed by atoms with Crippen molar-refractivity contribution < 1.29 is 14.4 Å². The summed E-state index contributed by atoms with van der Waals surface area (Å²) in [6.45, 7) is 4.86. The second kappa shape index (κ2) is 7.11. The van der Waals surface area contributed by atoms with E-state index >= 15 is 0 Å². The Kier molecular flexibility index (Phi) is 5.78. The zero-order valence-corrected chi connectivity index (χ0v) is 12.4. The van der Waals surface area contributed by atoms with Crippen molar-refractivity contribution in [3.05, 3.63) is 11.1 Å². The highest BCUT2D eigenvalue weighted by atomic mass is 32.1. The quantitative estimate of drug-likeness (QED) is 0.657. The highest BCUT2D eigenvalue weighted by Gasteiger charge is 2.18. The van der Waals surface area contributed by atoms with E-state index in [1.165, 1.54) is 6.92 Å². The van der Waals surface area contributed by atoms with E-state index in [2.05, 4.69) is 15.6 Å². The summed E-state index contributed by atoms with van der Waals surface area (Å²) < 4.78 is 0. The minimum Gasteiger partial charge on any atom is -0.346 e. The van der Waals surface area contributed by atoms with Crippen LogP contribution in [0.5, 0.6) is 0 Å². The molecular weight excluding hydrogens is 280 g/mol. The monoisotopic (exact) mass is 298 g/mol. The number of Topliss-reactive ketones (excluding diaryl/α,β-unsaturated/α-hetero) is 1. The van der Waals surface area contributed by atoms with E-state index in [1.807, 2.05) is 13.8 Å². The van der Waals surface area contributed by atoms with Gasteiger partial charge in [0.1, 0.15) is 5.69 Å². The van der Waals surface area contributed by atoms with E-state index in [4.69, 9.17) is 5.73 Å². The molecule has 0 saturated carbocycles. The average molecular weight is 298 g/mol. The van der Waals surface area contributed by atoms with E-state index in [9.17, 15) is 14.4 Å². The van der Waals surface area contributed by atoms with Crippen molar-refractivity contribution in [2.45, 2.75) is 26.8 Å². The molecule has 8 heteroatoms. The third-order valence-corrected chi connectivity index (χ3v) is 3.31. The number of thiazole rings is 1. The zero-order chi connectivity index (χ0) is 15.3. The highest BCUT2D eigenvalue weighted by molar-refractivity contribution is 7.14. The lowest BCUT2D eigenvalue weighted by Gasteiger charge is -2.14. The normalized spacial score (nSPS) is 12.1. The number of nitrogens with zero attached hydrogens (tertiary/aromatic N) is 1. The van der Waals surface area contributed by atoms with Crippen LogP contribution in [0.15, 0.2) is 5.38 Å². The number of ketones is 1. The molecule has 0 aliphatic rings. The number of aromatic nitrogens is 1. The van der Waals surface area contributed by atoms with Crippen molar-refractivity contribution in [1.29, 1.82) is 0 Å². The van der Waals surface area contributed by atoms with Gasteiger partial charge >= 0.3 is 0 Å². The number of anilines is 1. The minimum atomic E-state index is -0.646. The molecule has 0 bridgehead atoms. The van der Waals surface area contributed by atoms with Crippen LogP contribution in [0.4, 0.5) is 5.13 Å². The first kappa shape index (κ1) is 16.3. The molecule has 0 radical (unpaired) electrons. The lowest BCUT2D eigenvalue weighted by Crippen LogP contribution is -2.46. The molecule has 110 valence electrons. The fourth-order valence-electron chi connectivity index (χ4n) is 1.24. The van der Waals surface area contributed by atoms with E-state index in [-0.39, 0.29) is 24.2 Å². The molecule has 0 aliphatic carbocycles. The molecule has 1 aromatic heterocycles. The maximum absolute atomic E-state index is 11.6. The lowest BCUT2D eigenvalue weighted by molar-refractivity contribution is -0.125. The van der Waals surface area contributed by atoms with Crippen molar-refractivity contribution in [2.75, 3.05) is 11.9 Å². The number of nitrogens with two attached hydrogens (primary N) is 1.